The van der Waals surface area contributed by atoms with Crippen LogP contribution in [-0.4, -0.2) is 15.0 Å². The number of pyridine rings is 1. The van der Waals surface area contributed by atoms with Crippen molar-refractivity contribution in [2.24, 2.45) is 5.73 Å². The summed E-state index contributed by atoms with van der Waals surface area (Å²) in [7, 11) is 0. The maximum absolute atomic E-state index is 6.04. The van der Waals surface area contributed by atoms with Gasteiger partial charge in [-0.2, -0.15) is 0 Å². The summed E-state index contributed by atoms with van der Waals surface area (Å²) in [6.07, 6.45) is 6.49. The third-order valence-electron chi connectivity index (χ3n) is 3.18. The molecule has 5 heteroatoms. The van der Waals surface area contributed by atoms with Crippen LogP contribution in [0, 0.1) is 0 Å². The average Bonchev–Trinajstić information content (AvgIpc) is 2.39. The molecule has 2 heterocycles. The van der Waals surface area contributed by atoms with Crippen LogP contribution in [0.2, 0.25) is 5.02 Å². The van der Waals surface area contributed by atoms with Crippen molar-refractivity contribution < 1.29 is 0 Å². The van der Waals surface area contributed by atoms with E-state index in [9.17, 15) is 0 Å². The smallest absolute Gasteiger partial charge is 0.178 e. The number of fused-ring (bicyclic) bond motifs is 1. The van der Waals surface area contributed by atoms with Crippen molar-refractivity contribution in [1.82, 2.24) is 15.0 Å². The van der Waals surface area contributed by atoms with Crippen molar-refractivity contribution in [3.63, 3.8) is 0 Å². The SMILES string of the molecule is NC1CCCc2nc(-c3ccc(Cl)cn3)ncc21. The number of nitrogens with two attached hydrogens (primary N) is 1. The lowest BCUT2D eigenvalue weighted by atomic mass is 9.93. The van der Waals surface area contributed by atoms with E-state index in [1.807, 2.05) is 12.3 Å². The fourth-order valence-electron chi connectivity index (χ4n) is 2.21. The molecule has 1 aliphatic rings. The van der Waals surface area contributed by atoms with Crippen LogP contribution in [0.3, 0.4) is 0 Å². The molecule has 92 valence electrons. The van der Waals surface area contributed by atoms with Crippen LogP contribution in [0.5, 0.6) is 0 Å². The first kappa shape index (κ1) is 11.6. The normalized spacial score (nSPS) is 18.4. The van der Waals surface area contributed by atoms with Gasteiger partial charge in [0, 0.05) is 29.7 Å². The minimum atomic E-state index is 0.0703. The van der Waals surface area contributed by atoms with Gasteiger partial charge in [0.2, 0.25) is 0 Å². The summed E-state index contributed by atoms with van der Waals surface area (Å²) < 4.78 is 0. The van der Waals surface area contributed by atoms with E-state index >= 15 is 0 Å². The van der Waals surface area contributed by atoms with Crippen molar-refractivity contribution in [3.8, 4) is 11.5 Å². The Morgan fingerprint density at radius 1 is 1.22 bits per heavy atom. The summed E-state index contributed by atoms with van der Waals surface area (Å²) in [5.41, 5.74) is 8.90. The van der Waals surface area contributed by atoms with Gasteiger partial charge < -0.3 is 5.73 Å². The van der Waals surface area contributed by atoms with Gasteiger partial charge in [-0.25, -0.2) is 9.97 Å². The molecule has 2 N–H and O–H groups in total. The van der Waals surface area contributed by atoms with Crippen LogP contribution in [0.25, 0.3) is 11.5 Å². The van der Waals surface area contributed by atoms with Gasteiger partial charge in [-0.3, -0.25) is 4.98 Å². The van der Waals surface area contributed by atoms with Crippen molar-refractivity contribution in [2.45, 2.75) is 25.3 Å². The molecule has 0 amide bonds. The Labute approximate surface area is 110 Å². The van der Waals surface area contributed by atoms with Crippen molar-refractivity contribution in [2.75, 3.05) is 0 Å². The topological polar surface area (TPSA) is 64.7 Å². The number of rotatable bonds is 1. The average molecular weight is 261 g/mol. The van der Waals surface area contributed by atoms with Crippen LogP contribution in [0.4, 0.5) is 0 Å². The zero-order chi connectivity index (χ0) is 12.5. The first-order valence-corrected chi connectivity index (χ1v) is 6.35. The number of nitrogens with zero attached hydrogens (tertiary/aromatic N) is 3. The van der Waals surface area contributed by atoms with Crippen molar-refractivity contribution in [1.29, 1.82) is 0 Å². The second-order valence-electron chi connectivity index (χ2n) is 4.46. The molecule has 3 rings (SSSR count). The van der Waals surface area contributed by atoms with Gasteiger partial charge >= 0.3 is 0 Å². The highest BCUT2D eigenvalue weighted by molar-refractivity contribution is 6.30. The molecule has 0 radical (unpaired) electrons. The Bertz CT molecular complexity index is 568. The molecule has 2 aromatic heterocycles. The lowest BCUT2D eigenvalue weighted by Gasteiger charge is -2.20. The lowest BCUT2D eigenvalue weighted by molar-refractivity contribution is 0.557. The molecule has 0 aromatic carbocycles. The molecule has 0 saturated heterocycles. The van der Waals surface area contributed by atoms with E-state index < -0.39 is 0 Å². The standard InChI is InChI=1S/C13H13ClN4/c14-8-4-5-12(16-6-8)13-17-7-9-10(15)2-1-3-11(9)18-13/h4-7,10H,1-3,15H2. The van der Waals surface area contributed by atoms with Crippen molar-refractivity contribution in [3.05, 3.63) is 40.8 Å². The first-order chi connectivity index (χ1) is 8.74. The highest BCUT2D eigenvalue weighted by Crippen LogP contribution is 2.27. The molecule has 0 spiro atoms. The largest absolute Gasteiger partial charge is 0.324 e. The van der Waals surface area contributed by atoms with E-state index in [1.54, 1.807) is 12.3 Å². The van der Waals surface area contributed by atoms with E-state index in [0.29, 0.717) is 10.8 Å². The van der Waals surface area contributed by atoms with Gasteiger partial charge in [0.1, 0.15) is 5.69 Å². The Morgan fingerprint density at radius 3 is 2.89 bits per heavy atom. The van der Waals surface area contributed by atoms with Crippen LogP contribution in [0.15, 0.2) is 24.5 Å². The van der Waals surface area contributed by atoms with Crippen molar-refractivity contribution >= 4 is 11.6 Å². The van der Waals surface area contributed by atoms with E-state index in [1.165, 1.54) is 0 Å². The molecule has 0 bridgehead atoms. The van der Waals surface area contributed by atoms with Gasteiger partial charge in [0.25, 0.3) is 0 Å². The predicted octanol–water partition coefficient (Wildman–Crippen LogP) is 2.53. The third-order valence-corrected chi connectivity index (χ3v) is 3.41. The number of hydrogen-bond acceptors (Lipinski definition) is 4. The Hall–Kier alpha value is -1.52. The van der Waals surface area contributed by atoms with Gasteiger partial charge in [-0.1, -0.05) is 11.6 Å². The minimum absolute atomic E-state index is 0.0703. The molecule has 18 heavy (non-hydrogen) atoms. The molecular formula is C13H13ClN4. The van der Waals surface area contributed by atoms with Gasteiger partial charge in [0.15, 0.2) is 5.82 Å². The number of aromatic nitrogens is 3. The minimum Gasteiger partial charge on any atom is -0.324 e. The zero-order valence-corrected chi connectivity index (χ0v) is 10.6. The number of hydrogen-bond donors (Lipinski definition) is 1. The Morgan fingerprint density at radius 2 is 2.11 bits per heavy atom. The second-order valence-corrected chi connectivity index (χ2v) is 4.89. The summed E-state index contributed by atoms with van der Waals surface area (Å²) in [4.78, 5) is 13.1. The summed E-state index contributed by atoms with van der Waals surface area (Å²) >= 11 is 5.81. The van der Waals surface area contributed by atoms with E-state index in [4.69, 9.17) is 17.3 Å². The first-order valence-electron chi connectivity index (χ1n) is 5.97. The fourth-order valence-corrected chi connectivity index (χ4v) is 2.32. The van der Waals surface area contributed by atoms with Crippen LogP contribution >= 0.6 is 11.6 Å². The fraction of sp³-hybridized carbons (Fsp3) is 0.308. The zero-order valence-electron chi connectivity index (χ0n) is 9.81. The molecule has 1 unspecified atom stereocenters. The molecule has 2 aromatic rings. The molecule has 0 saturated carbocycles. The van der Waals surface area contributed by atoms with Crippen LogP contribution in [0.1, 0.15) is 30.1 Å². The molecule has 1 atom stereocenters. The van der Waals surface area contributed by atoms with E-state index in [2.05, 4.69) is 15.0 Å². The van der Waals surface area contributed by atoms with Gasteiger partial charge in [-0.15, -0.1) is 0 Å². The molecule has 0 aliphatic heterocycles. The second kappa shape index (κ2) is 4.63. The summed E-state index contributed by atoms with van der Waals surface area (Å²) in [6.45, 7) is 0. The maximum atomic E-state index is 6.04. The summed E-state index contributed by atoms with van der Waals surface area (Å²) in [5.74, 6) is 0.638. The predicted molar refractivity (Wildman–Crippen MR) is 70.1 cm³/mol. The highest BCUT2D eigenvalue weighted by atomic mass is 35.5. The van der Waals surface area contributed by atoms with E-state index in [-0.39, 0.29) is 6.04 Å². The van der Waals surface area contributed by atoms with Crippen LogP contribution < -0.4 is 5.73 Å². The molecule has 4 nitrogen and oxygen atoms in total. The lowest BCUT2D eigenvalue weighted by Crippen LogP contribution is -2.19. The maximum Gasteiger partial charge on any atom is 0.178 e. The molecular weight excluding hydrogens is 248 g/mol. The van der Waals surface area contributed by atoms with Gasteiger partial charge in [0.05, 0.1) is 5.02 Å². The third kappa shape index (κ3) is 2.09. The van der Waals surface area contributed by atoms with E-state index in [0.717, 1.165) is 36.2 Å². The Balaban J connectivity index is 2.01. The summed E-state index contributed by atoms with van der Waals surface area (Å²) in [6, 6.07) is 3.69. The Kier molecular flexibility index (Phi) is 2.97. The highest BCUT2D eigenvalue weighted by Gasteiger charge is 2.19. The molecule has 0 fully saturated rings. The number of halogens is 1. The van der Waals surface area contributed by atoms with Gasteiger partial charge in [-0.05, 0) is 31.4 Å². The van der Waals surface area contributed by atoms with Crippen LogP contribution in [-0.2, 0) is 6.42 Å². The summed E-state index contributed by atoms with van der Waals surface area (Å²) in [5, 5.41) is 0.610. The number of aryl methyl sites for hydroxylation is 1. The monoisotopic (exact) mass is 260 g/mol. The molecule has 1 aliphatic carbocycles. The quantitative estimate of drug-likeness (QED) is 0.856.